The second-order valence-electron chi connectivity index (χ2n) is 7.42. The molecule has 0 spiro atoms. The third kappa shape index (κ3) is 5.40. The maximum Gasteiger partial charge on any atom is 0.332 e. The summed E-state index contributed by atoms with van der Waals surface area (Å²) >= 11 is 15.5. The van der Waals surface area contributed by atoms with Crippen LogP contribution in [0.5, 0.6) is 0 Å². The third-order valence-electron chi connectivity index (χ3n) is 5.03. The normalized spacial score (nSPS) is 19.4. The predicted octanol–water partition coefficient (Wildman–Crippen LogP) is 4.80. The molecule has 7 nitrogen and oxygen atoms in total. The molecule has 11 heteroatoms. The lowest BCUT2D eigenvalue weighted by atomic mass is 9.91. The van der Waals surface area contributed by atoms with Gasteiger partial charge in [0.2, 0.25) is 0 Å². The smallest absolute Gasteiger partial charge is 0.309 e. The molecule has 1 heterocycles. The monoisotopic (exact) mass is 548 g/mol. The second kappa shape index (κ2) is 9.07. The molecule has 0 aliphatic carbocycles. The van der Waals surface area contributed by atoms with Gasteiger partial charge in [-0.2, -0.15) is 8.42 Å². The first-order valence-electron chi connectivity index (χ1n) is 9.22. The summed E-state index contributed by atoms with van der Waals surface area (Å²) < 4.78 is 32.2. The van der Waals surface area contributed by atoms with Gasteiger partial charge in [0.1, 0.15) is 5.54 Å². The van der Waals surface area contributed by atoms with Gasteiger partial charge in [-0.1, -0.05) is 51.3 Å². The van der Waals surface area contributed by atoms with Gasteiger partial charge in [-0.3, -0.25) is 9.35 Å². The number of benzene rings is 2. The number of rotatable bonds is 7. The first kappa shape index (κ1) is 24.0. The fraction of sp³-hybridized carbons (Fsp3) is 0.300. The lowest BCUT2D eigenvalue weighted by Gasteiger charge is -2.31. The van der Waals surface area contributed by atoms with Gasteiger partial charge < -0.3 is 4.90 Å². The van der Waals surface area contributed by atoms with Crippen LogP contribution in [-0.2, 0) is 21.3 Å². The quantitative estimate of drug-likeness (QED) is 0.395. The molecule has 1 aliphatic rings. The molecule has 3 rings (SSSR count). The van der Waals surface area contributed by atoms with E-state index in [1.807, 2.05) is 24.3 Å². The average Bonchev–Trinajstić information content (AvgIpc) is 2.82. The Balaban J connectivity index is 1.99. The van der Waals surface area contributed by atoms with E-state index in [9.17, 15) is 18.0 Å². The maximum absolute atomic E-state index is 13.5. The van der Waals surface area contributed by atoms with Gasteiger partial charge in [-0.15, -0.1) is 0 Å². The molecular weight excluding hydrogens is 531 g/mol. The minimum atomic E-state index is -4.20. The summed E-state index contributed by atoms with van der Waals surface area (Å²) in [6.07, 6.45) is 0.180. The van der Waals surface area contributed by atoms with Crippen LogP contribution < -0.4 is 4.90 Å². The molecule has 1 saturated heterocycles. The average molecular weight is 550 g/mol. The summed E-state index contributed by atoms with van der Waals surface area (Å²) in [7, 11) is -4.20. The van der Waals surface area contributed by atoms with Crippen LogP contribution in [0.4, 0.5) is 10.5 Å². The topological polar surface area (TPSA) is 95.0 Å². The summed E-state index contributed by atoms with van der Waals surface area (Å²) in [6.45, 7) is 1.59. The highest BCUT2D eigenvalue weighted by molar-refractivity contribution is 9.10. The van der Waals surface area contributed by atoms with Gasteiger partial charge in [-0.25, -0.2) is 9.69 Å². The molecule has 0 bridgehead atoms. The number of urea groups is 1. The van der Waals surface area contributed by atoms with Crippen molar-refractivity contribution in [2.75, 3.05) is 17.2 Å². The van der Waals surface area contributed by atoms with Crippen molar-refractivity contribution < 1.29 is 22.6 Å². The molecule has 1 unspecified atom stereocenters. The minimum Gasteiger partial charge on any atom is -0.309 e. The molecule has 0 saturated carbocycles. The molecule has 166 valence electrons. The van der Waals surface area contributed by atoms with E-state index < -0.39 is 33.3 Å². The zero-order valence-corrected chi connectivity index (χ0v) is 20.3. The van der Waals surface area contributed by atoms with E-state index in [0.29, 0.717) is 0 Å². The summed E-state index contributed by atoms with van der Waals surface area (Å²) in [5, 5.41) is 0.532. The van der Waals surface area contributed by atoms with Crippen molar-refractivity contribution in [1.29, 1.82) is 0 Å². The van der Waals surface area contributed by atoms with Crippen LogP contribution in [0.25, 0.3) is 0 Å². The first-order valence-corrected chi connectivity index (χ1v) is 12.4. The number of hydrogen-bond donors (Lipinski definition) is 1. The molecule has 1 fully saturated rings. The van der Waals surface area contributed by atoms with Crippen molar-refractivity contribution in [3.63, 3.8) is 0 Å². The zero-order chi connectivity index (χ0) is 23.0. The number of amides is 3. The van der Waals surface area contributed by atoms with Crippen molar-refractivity contribution >= 4 is 66.9 Å². The summed E-state index contributed by atoms with van der Waals surface area (Å²) in [6, 6.07) is 11.1. The maximum atomic E-state index is 13.5. The van der Waals surface area contributed by atoms with Crippen molar-refractivity contribution in [1.82, 2.24) is 4.90 Å². The predicted molar refractivity (Wildman–Crippen MR) is 123 cm³/mol. The molecule has 31 heavy (non-hydrogen) atoms. The fourth-order valence-electron chi connectivity index (χ4n) is 3.59. The molecule has 0 aromatic heterocycles. The largest absolute Gasteiger partial charge is 0.332 e. The van der Waals surface area contributed by atoms with Crippen molar-refractivity contribution in [2.24, 2.45) is 0 Å². The van der Waals surface area contributed by atoms with Crippen molar-refractivity contribution in [3.05, 3.63) is 62.5 Å². The standard InChI is InChI=1S/C20H19BrCl2N2O5S/c1-20(12-13-3-5-14(21)6-4-13)18(26)25(17-10-15(22)9-16(23)11-17)19(27)24(20)7-2-8-31(28,29)30/h3-6,9-11H,2,7-8,12H2,1H3,(H,28,29,30). The highest BCUT2D eigenvalue weighted by atomic mass is 79.9. The SMILES string of the molecule is CC1(Cc2ccc(Br)cc2)C(=O)N(c2cc(Cl)cc(Cl)c2)C(=O)N1CCCS(=O)(=O)O. The minimum absolute atomic E-state index is 0.0298. The summed E-state index contributed by atoms with van der Waals surface area (Å²) in [5.41, 5.74) is -0.233. The molecule has 3 amide bonds. The van der Waals surface area contributed by atoms with Crippen LogP contribution in [-0.4, -0.2) is 47.6 Å². The van der Waals surface area contributed by atoms with Crippen molar-refractivity contribution in [2.45, 2.75) is 25.3 Å². The Morgan fingerprint density at radius 2 is 1.65 bits per heavy atom. The zero-order valence-electron chi connectivity index (χ0n) is 16.4. The van der Waals surface area contributed by atoms with E-state index >= 15 is 0 Å². The number of imide groups is 1. The highest BCUT2D eigenvalue weighted by Crippen LogP contribution is 2.37. The van der Waals surface area contributed by atoms with Gasteiger partial charge in [-0.05, 0) is 49.2 Å². The molecular formula is C20H19BrCl2N2O5S. The fourth-order valence-corrected chi connectivity index (χ4v) is 4.86. The van der Waals surface area contributed by atoms with Gasteiger partial charge in [0.25, 0.3) is 16.0 Å². The van der Waals surface area contributed by atoms with Crippen LogP contribution in [0.15, 0.2) is 46.9 Å². The lowest BCUT2D eigenvalue weighted by Crippen LogP contribution is -2.49. The number of halogens is 3. The molecule has 2 aromatic rings. The Kier molecular flexibility index (Phi) is 7.02. The van der Waals surface area contributed by atoms with Crippen LogP contribution in [0.3, 0.4) is 0 Å². The third-order valence-corrected chi connectivity index (χ3v) is 6.80. The van der Waals surface area contributed by atoms with E-state index in [-0.39, 0.29) is 35.1 Å². The second-order valence-corrected chi connectivity index (χ2v) is 10.8. The van der Waals surface area contributed by atoms with Gasteiger partial charge in [0.15, 0.2) is 0 Å². The Bertz CT molecular complexity index is 1110. The molecule has 1 atom stereocenters. The van der Waals surface area contributed by atoms with E-state index in [1.165, 1.54) is 23.1 Å². The number of nitrogens with zero attached hydrogens (tertiary/aromatic N) is 2. The Morgan fingerprint density at radius 3 is 2.19 bits per heavy atom. The Labute approximate surface area is 198 Å². The van der Waals surface area contributed by atoms with Gasteiger partial charge in [0.05, 0.1) is 11.4 Å². The highest BCUT2D eigenvalue weighted by Gasteiger charge is 2.54. The van der Waals surface area contributed by atoms with Gasteiger partial charge >= 0.3 is 6.03 Å². The number of carbonyl (C=O) groups is 2. The number of carbonyl (C=O) groups excluding carboxylic acids is 2. The molecule has 1 N–H and O–H groups in total. The molecule has 2 aromatic carbocycles. The van der Waals surface area contributed by atoms with Crippen LogP contribution in [0.2, 0.25) is 10.0 Å². The Morgan fingerprint density at radius 1 is 1.06 bits per heavy atom. The molecule has 1 aliphatic heterocycles. The Hall–Kier alpha value is -1.65. The van der Waals surface area contributed by atoms with Crippen LogP contribution >= 0.6 is 39.1 Å². The van der Waals surface area contributed by atoms with E-state index in [0.717, 1.165) is 14.9 Å². The first-order chi connectivity index (χ1) is 14.4. The van der Waals surface area contributed by atoms with Crippen molar-refractivity contribution in [3.8, 4) is 0 Å². The van der Waals surface area contributed by atoms with E-state index in [2.05, 4.69) is 15.9 Å². The van der Waals surface area contributed by atoms with Crippen LogP contribution in [0.1, 0.15) is 18.9 Å². The van der Waals surface area contributed by atoms with Gasteiger partial charge in [0, 0.05) is 27.5 Å². The number of anilines is 1. The summed E-state index contributed by atoms with van der Waals surface area (Å²) in [5.74, 6) is -1.01. The summed E-state index contributed by atoms with van der Waals surface area (Å²) in [4.78, 5) is 29.1. The lowest BCUT2D eigenvalue weighted by molar-refractivity contribution is -0.124. The molecule has 0 radical (unpaired) electrons. The van der Waals surface area contributed by atoms with E-state index in [1.54, 1.807) is 6.92 Å². The van der Waals surface area contributed by atoms with E-state index in [4.69, 9.17) is 27.8 Å². The van der Waals surface area contributed by atoms with Crippen LogP contribution in [0, 0.1) is 0 Å². The number of hydrogen-bond acceptors (Lipinski definition) is 4.